The quantitative estimate of drug-likeness (QED) is 0.716. The van der Waals surface area contributed by atoms with Gasteiger partial charge in [-0.15, -0.1) is 0 Å². The number of likely N-dealkylation sites (tertiary alicyclic amines) is 1. The van der Waals surface area contributed by atoms with E-state index in [1.54, 1.807) is 0 Å². The highest BCUT2D eigenvalue weighted by Gasteiger charge is 2.31. The van der Waals surface area contributed by atoms with Gasteiger partial charge in [-0.1, -0.05) is 6.92 Å². The lowest BCUT2D eigenvalue weighted by atomic mass is 9.90. The third-order valence-corrected chi connectivity index (χ3v) is 3.66. The number of hydrogen-bond acceptors (Lipinski definition) is 2. The minimum absolute atomic E-state index is 0.675. The molecule has 2 fully saturated rings. The zero-order valence-electron chi connectivity index (χ0n) is 8.71. The highest BCUT2D eigenvalue weighted by molar-refractivity contribution is 4.86. The SMILES string of the molecule is CC1CCCN(CC2CC2)C1CN. The summed E-state index contributed by atoms with van der Waals surface area (Å²) in [4.78, 5) is 2.64. The third kappa shape index (κ3) is 2.23. The van der Waals surface area contributed by atoms with E-state index in [0.29, 0.717) is 6.04 Å². The van der Waals surface area contributed by atoms with E-state index in [1.165, 1.54) is 38.8 Å². The molecule has 2 unspecified atom stereocenters. The summed E-state index contributed by atoms with van der Waals surface area (Å²) in [7, 11) is 0. The van der Waals surface area contributed by atoms with Crippen molar-refractivity contribution < 1.29 is 0 Å². The first kappa shape index (κ1) is 9.47. The fourth-order valence-electron chi connectivity index (χ4n) is 2.57. The molecule has 1 heterocycles. The predicted molar refractivity (Wildman–Crippen MR) is 55.5 cm³/mol. The smallest absolute Gasteiger partial charge is 0.0244 e. The average molecular weight is 182 g/mol. The second kappa shape index (κ2) is 3.97. The summed E-state index contributed by atoms with van der Waals surface area (Å²) in [5.74, 6) is 1.83. The zero-order chi connectivity index (χ0) is 9.26. The Morgan fingerprint density at radius 1 is 1.31 bits per heavy atom. The summed E-state index contributed by atoms with van der Waals surface area (Å²) < 4.78 is 0. The molecule has 2 aliphatic rings. The summed E-state index contributed by atoms with van der Waals surface area (Å²) in [6.45, 7) is 5.83. The maximum Gasteiger partial charge on any atom is 0.0244 e. The molecule has 13 heavy (non-hydrogen) atoms. The summed E-state index contributed by atoms with van der Waals surface area (Å²) in [6, 6.07) is 0.675. The Balaban J connectivity index is 1.88. The van der Waals surface area contributed by atoms with E-state index in [2.05, 4.69) is 11.8 Å². The minimum Gasteiger partial charge on any atom is -0.329 e. The maximum atomic E-state index is 5.84. The average Bonchev–Trinajstić information content (AvgIpc) is 2.89. The molecular formula is C11H22N2. The summed E-state index contributed by atoms with van der Waals surface area (Å²) in [5, 5.41) is 0. The molecule has 0 aromatic heterocycles. The molecule has 1 aliphatic carbocycles. The second-order valence-corrected chi connectivity index (χ2v) is 4.86. The van der Waals surface area contributed by atoms with E-state index in [9.17, 15) is 0 Å². The van der Waals surface area contributed by atoms with Gasteiger partial charge < -0.3 is 5.73 Å². The van der Waals surface area contributed by atoms with Gasteiger partial charge in [0.25, 0.3) is 0 Å². The molecule has 0 radical (unpaired) electrons. The van der Waals surface area contributed by atoms with E-state index < -0.39 is 0 Å². The lowest BCUT2D eigenvalue weighted by Gasteiger charge is -2.39. The summed E-state index contributed by atoms with van der Waals surface area (Å²) >= 11 is 0. The van der Waals surface area contributed by atoms with Crippen molar-refractivity contribution in [3.05, 3.63) is 0 Å². The molecule has 0 spiro atoms. The van der Waals surface area contributed by atoms with Crippen LogP contribution in [0, 0.1) is 11.8 Å². The molecule has 2 N–H and O–H groups in total. The van der Waals surface area contributed by atoms with Crippen molar-refractivity contribution in [1.29, 1.82) is 0 Å². The maximum absolute atomic E-state index is 5.84. The molecule has 2 atom stereocenters. The molecule has 0 amide bonds. The molecule has 1 saturated carbocycles. The molecule has 1 aliphatic heterocycles. The Labute approximate surface area is 81.5 Å². The number of rotatable bonds is 3. The van der Waals surface area contributed by atoms with Crippen LogP contribution in [0.1, 0.15) is 32.6 Å². The molecule has 0 aromatic carbocycles. The first-order valence-corrected chi connectivity index (χ1v) is 5.75. The van der Waals surface area contributed by atoms with Crippen molar-refractivity contribution >= 4 is 0 Å². The number of piperidine rings is 1. The lowest BCUT2D eigenvalue weighted by Crippen LogP contribution is -2.49. The molecule has 2 rings (SSSR count). The molecular weight excluding hydrogens is 160 g/mol. The van der Waals surface area contributed by atoms with Gasteiger partial charge in [0.05, 0.1) is 0 Å². The third-order valence-electron chi connectivity index (χ3n) is 3.66. The van der Waals surface area contributed by atoms with Crippen LogP contribution in [0.25, 0.3) is 0 Å². The second-order valence-electron chi connectivity index (χ2n) is 4.86. The highest BCUT2D eigenvalue weighted by Crippen LogP contribution is 2.32. The van der Waals surface area contributed by atoms with Crippen LogP contribution in [0.15, 0.2) is 0 Å². The van der Waals surface area contributed by atoms with Crippen molar-refractivity contribution in [3.63, 3.8) is 0 Å². The Bertz CT molecular complexity index is 165. The van der Waals surface area contributed by atoms with Crippen LogP contribution in [0.2, 0.25) is 0 Å². The molecule has 76 valence electrons. The first-order valence-electron chi connectivity index (χ1n) is 5.75. The Hall–Kier alpha value is -0.0800. The van der Waals surface area contributed by atoms with Crippen molar-refractivity contribution in [2.24, 2.45) is 17.6 Å². The van der Waals surface area contributed by atoms with E-state index in [4.69, 9.17) is 5.73 Å². The fraction of sp³-hybridized carbons (Fsp3) is 1.00. The Morgan fingerprint density at radius 3 is 2.69 bits per heavy atom. The van der Waals surface area contributed by atoms with E-state index in [0.717, 1.165) is 18.4 Å². The van der Waals surface area contributed by atoms with Gasteiger partial charge in [-0.2, -0.15) is 0 Å². The highest BCUT2D eigenvalue weighted by atomic mass is 15.2. The number of hydrogen-bond donors (Lipinski definition) is 1. The standard InChI is InChI=1S/C11H22N2/c1-9-3-2-6-13(11(9)7-12)8-10-4-5-10/h9-11H,2-8,12H2,1H3. The Kier molecular flexibility index (Phi) is 2.89. The van der Waals surface area contributed by atoms with Gasteiger partial charge >= 0.3 is 0 Å². The largest absolute Gasteiger partial charge is 0.329 e. The van der Waals surface area contributed by atoms with E-state index in [-0.39, 0.29) is 0 Å². The molecule has 0 aromatic rings. The van der Waals surface area contributed by atoms with Crippen LogP contribution in [-0.4, -0.2) is 30.6 Å². The van der Waals surface area contributed by atoms with Gasteiger partial charge in [0, 0.05) is 19.1 Å². The lowest BCUT2D eigenvalue weighted by molar-refractivity contribution is 0.101. The number of nitrogens with zero attached hydrogens (tertiary/aromatic N) is 1. The van der Waals surface area contributed by atoms with E-state index >= 15 is 0 Å². The van der Waals surface area contributed by atoms with E-state index in [1.807, 2.05) is 0 Å². The fourth-order valence-corrected chi connectivity index (χ4v) is 2.57. The predicted octanol–water partition coefficient (Wildman–Crippen LogP) is 1.46. The van der Waals surface area contributed by atoms with Crippen LogP contribution >= 0.6 is 0 Å². The summed E-state index contributed by atoms with van der Waals surface area (Å²) in [6.07, 6.45) is 5.68. The first-order chi connectivity index (χ1) is 6.31. The van der Waals surface area contributed by atoms with Gasteiger partial charge in [-0.25, -0.2) is 0 Å². The topological polar surface area (TPSA) is 29.3 Å². The normalized spacial score (nSPS) is 36.5. The summed E-state index contributed by atoms with van der Waals surface area (Å²) in [5.41, 5.74) is 5.84. The molecule has 0 bridgehead atoms. The van der Waals surface area contributed by atoms with Crippen molar-refractivity contribution in [2.45, 2.75) is 38.6 Å². The van der Waals surface area contributed by atoms with Crippen molar-refractivity contribution in [2.75, 3.05) is 19.6 Å². The van der Waals surface area contributed by atoms with Crippen LogP contribution < -0.4 is 5.73 Å². The zero-order valence-corrected chi connectivity index (χ0v) is 8.71. The van der Waals surface area contributed by atoms with Crippen LogP contribution in [0.5, 0.6) is 0 Å². The van der Waals surface area contributed by atoms with Gasteiger partial charge in [0.2, 0.25) is 0 Å². The van der Waals surface area contributed by atoms with Crippen LogP contribution in [-0.2, 0) is 0 Å². The number of nitrogens with two attached hydrogens (primary N) is 1. The minimum atomic E-state index is 0.675. The van der Waals surface area contributed by atoms with Gasteiger partial charge in [0.1, 0.15) is 0 Å². The van der Waals surface area contributed by atoms with Crippen molar-refractivity contribution in [3.8, 4) is 0 Å². The Morgan fingerprint density at radius 2 is 2.08 bits per heavy atom. The van der Waals surface area contributed by atoms with Crippen LogP contribution in [0.3, 0.4) is 0 Å². The van der Waals surface area contributed by atoms with Gasteiger partial charge in [-0.3, -0.25) is 4.90 Å². The van der Waals surface area contributed by atoms with Crippen molar-refractivity contribution in [1.82, 2.24) is 4.90 Å². The van der Waals surface area contributed by atoms with Gasteiger partial charge in [-0.05, 0) is 44.1 Å². The monoisotopic (exact) mass is 182 g/mol. The van der Waals surface area contributed by atoms with Gasteiger partial charge in [0.15, 0.2) is 0 Å². The van der Waals surface area contributed by atoms with Crippen LogP contribution in [0.4, 0.5) is 0 Å². The molecule has 2 nitrogen and oxygen atoms in total. The molecule has 2 heteroatoms. The molecule has 1 saturated heterocycles.